The first-order chi connectivity index (χ1) is 8.16. The molecule has 5 heteroatoms. The van der Waals surface area contributed by atoms with Crippen LogP contribution in [-0.4, -0.2) is 20.2 Å². The molecule has 2 rings (SSSR count). The highest BCUT2D eigenvalue weighted by Gasteiger charge is 2.05. The number of hydrogen-bond donors (Lipinski definition) is 2. The van der Waals surface area contributed by atoms with Gasteiger partial charge in [0.15, 0.2) is 0 Å². The van der Waals surface area contributed by atoms with E-state index in [0.29, 0.717) is 0 Å². The number of H-pyrrole nitrogens is 1. The van der Waals surface area contributed by atoms with Crippen LogP contribution in [0.4, 0.5) is 0 Å². The van der Waals surface area contributed by atoms with Gasteiger partial charge >= 0.3 is 0 Å². The van der Waals surface area contributed by atoms with E-state index in [2.05, 4.69) is 25.5 Å². The molecule has 0 spiro atoms. The minimum Gasteiger partial charge on any atom is -0.307 e. The Labute approximate surface area is 101 Å². The van der Waals surface area contributed by atoms with Crippen molar-refractivity contribution < 1.29 is 0 Å². The Bertz CT molecular complexity index is 484. The first kappa shape index (κ1) is 11.7. The van der Waals surface area contributed by atoms with Crippen molar-refractivity contribution in [1.29, 1.82) is 0 Å². The Morgan fingerprint density at radius 3 is 2.71 bits per heavy atom. The van der Waals surface area contributed by atoms with E-state index >= 15 is 0 Å². The molecule has 0 aliphatic rings. The summed E-state index contributed by atoms with van der Waals surface area (Å²) in [6, 6.07) is 1.93. The summed E-state index contributed by atoms with van der Waals surface area (Å²) in [6.07, 6.45) is 1.79. The Morgan fingerprint density at radius 2 is 2.06 bits per heavy atom. The van der Waals surface area contributed by atoms with Crippen molar-refractivity contribution >= 4 is 0 Å². The van der Waals surface area contributed by atoms with Crippen LogP contribution >= 0.6 is 0 Å². The minimum absolute atomic E-state index is 0.743. The molecule has 2 aromatic heterocycles. The molecule has 0 aliphatic heterocycles. The maximum Gasteiger partial charge on any atom is 0.125 e. The predicted molar refractivity (Wildman–Crippen MR) is 65.4 cm³/mol. The van der Waals surface area contributed by atoms with E-state index in [4.69, 9.17) is 0 Å². The van der Waals surface area contributed by atoms with Gasteiger partial charge in [-0.1, -0.05) is 0 Å². The van der Waals surface area contributed by atoms with E-state index < -0.39 is 0 Å². The van der Waals surface area contributed by atoms with E-state index in [1.807, 2.05) is 26.8 Å². The lowest BCUT2D eigenvalue weighted by Gasteiger charge is -2.05. The monoisotopic (exact) mass is 231 g/mol. The van der Waals surface area contributed by atoms with Crippen LogP contribution in [-0.2, 0) is 13.1 Å². The van der Waals surface area contributed by atoms with Crippen LogP contribution in [0.5, 0.6) is 0 Å². The van der Waals surface area contributed by atoms with Gasteiger partial charge in [0, 0.05) is 30.5 Å². The summed E-state index contributed by atoms with van der Waals surface area (Å²) in [4.78, 5) is 8.41. The highest BCUT2D eigenvalue weighted by molar-refractivity contribution is 5.22. The lowest BCUT2D eigenvalue weighted by atomic mass is 10.2. The van der Waals surface area contributed by atoms with E-state index in [1.54, 1.807) is 6.20 Å². The zero-order valence-electron chi connectivity index (χ0n) is 10.4. The van der Waals surface area contributed by atoms with Crippen molar-refractivity contribution in [2.24, 2.45) is 0 Å². The zero-order valence-corrected chi connectivity index (χ0v) is 10.4. The molecule has 0 unspecified atom stereocenters. The molecule has 5 nitrogen and oxygen atoms in total. The summed E-state index contributed by atoms with van der Waals surface area (Å²) in [6.45, 7) is 7.49. The summed E-state index contributed by atoms with van der Waals surface area (Å²) in [5.74, 6) is 0.806. The van der Waals surface area contributed by atoms with Gasteiger partial charge in [0.2, 0.25) is 0 Å². The number of nitrogens with one attached hydrogen (secondary N) is 2. The van der Waals surface area contributed by atoms with E-state index in [1.165, 1.54) is 5.56 Å². The first-order valence-electron chi connectivity index (χ1n) is 5.66. The first-order valence-corrected chi connectivity index (χ1v) is 5.66. The molecule has 0 fully saturated rings. The number of aromatic amines is 1. The van der Waals surface area contributed by atoms with Crippen molar-refractivity contribution in [3.8, 4) is 0 Å². The molecule has 90 valence electrons. The van der Waals surface area contributed by atoms with Crippen LogP contribution in [0.2, 0.25) is 0 Å². The molecular formula is C12H17N5. The van der Waals surface area contributed by atoms with Gasteiger partial charge in [0.25, 0.3) is 0 Å². The second-order valence-corrected chi connectivity index (χ2v) is 4.11. The lowest BCUT2D eigenvalue weighted by Crippen LogP contribution is -2.15. The molecule has 0 saturated heterocycles. The van der Waals surface area contributed by atoms with E-state index in [9.17, 15) is 0 Å². The van der Waals surface area contributed by atoms with Crippen LogP contribution in [0.1, 0.15) is 28.5 Å². The number of nitrogens with zero attached hydrogens (tertiary/aromatic N) is 3. The van der Waals surface area contributed by atoms with Crippen molar-refractivity contribution in [3.63, 3.8) is 0 Å². The molecule has 0 bridgehead atoms. The number of aryl methyl sites for hydroxylation is 3. The van der Waals surface area contributed by atoms with Gasteiger partial charge in [-0.25, -0.2) is 9.97 Å². The highest BCUT2D eigenvalue weighted by Crippen LogP contribution is 2.08. The summed E-state index contributed by atoms with van der Waals surface area (Å²) in [5.41, 5.74) is 4.41. The molecular weight excluding hydrogens is 214 g/mol. The molecule has 0 aromatic carbocycles. The molecule has 0 amide bonds. The summed E-state index contributed by atoms with van der Waals surface area (Å²) in [5, 5.41) is 10.5. The fourth-order valence-corrected chi connectivity index (χ4v) is 1.75. The molecule has 2 aromatic rings. The molecule has 0 radical (unpaired) electrons. The minimum atomic E-state index is 0.743. The maximum atomic E-state index is 4.34. The summed E-state index contributed by atoms with van der Waals surface area (Å²) >= 11 is 0. The quantitative estimate of drug-likeness (QED) is 0.835. The average molecular weight is 231 g/mol. The van der Waals surface area contributed by atoms with Crippen molar-refractivity contribution in [2.75, 3.05) is 0 Å². The lowest BCUT2D eigenvalue weighted by molar-refractivity contribution is 0.670. The van der Waals surface area contributed by atoms with Crippen molar-refractivity contribution in [3.05, 3.63) is 40.7 Å². The number of hydrogen-bond acceptors (Lipinski definition) is 4. The van der Waals surface area contributed by atoms with Crippen LogP contribution < -0.4 is 5.32 Å². The number of rotatable bonds is 4. The number of aromatic nitrogens is 4. The summed E-state index contributed by atoms with van der Waals surface area (Å²) in [7, 11) is 0. The van der Waals surface area contributed by atoms with Crippen molar-refractivity contribution in [2.45, 2.75) is 33.9 Å². The molecule has 2 heterocycles. The van der Waals surface area contributed by atoms with Gasteiger partial charge in [-0.05, 0) is 26.8 Å². The topological polar surface area (TPSA) is 66.5 Å². The Balaban J connectivity index is 1.92. The third-order valence-corrected chi connectivity index (χ3v) is 2.72. The fraction of sp³-hybridized carbons (Fsp3) is 0.417. The molecule has 0 aliphatic carbocycles. The maximum absolute atomic E-state index is 4.34. The molecule has 0 atom stereocenters. The van der Waals surface area contributed by atoms with Gasteiger partial charge in [0.05, 0.1) is 11.4 Å². The fourth-order valence-electron chi connectivity index (χ4n) is 1.75. The highest BCUT2D eigenvalue weighted by atomic mass is 15.1. The smallest absolute Gasteiger partial charge is 0.125 e. The largest absolute Gasteiger partial charge is 0.307 e. The van der Waals surface area contributed by atoms with Crippen LogP contribution in [0.3, 0.4) is 0 Å². The van der Waals surface area contributed by atoms with Gasteiger partial charge in [-0.3, -0.25) is 5.10 Å². The van der Waals surface area contributed by atoms with Gasteiger partial charge in [-0.2, -0.15) is 5.10 Å². The van der Waals surface area contributed by atoms with Crippen LogP contribution in [0.25, 0.3) is 0 Å². The van der Waals surface area contributed by atoms with Gasteiger partial charge in [-0.15, -0.1) is 0 Å². The molecule has 0 saturated carbocycles. The SMILES string of the molecule is Cc1nccc(CNCc2c(C)n[nH]c2C)n1. The Hall–Kier alpha value is -1.75. The van der Waals surface area contributed by atoms with Crippen LogP contribution in [0.15, 0.2) is 12.3 Å². The zero-order chi connectivity index (χ0) is 12.3. The standard InChI is InChI=1S/C12H17N5/c1-8-12(9(2)17-16-8)7-13-6-11-4-5-14-10(3)15-11/h4-5,13H,6-7H2,1-3H3,(H,16,17). The second-order valence-electron chi connectivity index (χ2n) is 4.11. The van der Waals surface area contributed by atoms with E-state index in [0.717, 1.165) is 36.0 Å². The third-order valence-electron chi connectivity index (χ3n) is 2.72. The van der Waals surface area contributed by atoms with Gasteiger partial charge < -0.3 is 5.32 Å². The molecule has 2 N–H and O–H groups in total. The third kappa shape index (κ3) is 2.88. The molecule has 17 heavy (non-hydrogen) atoms. The summed E-state index contributed by atoms with van der Waals surface area (Å²) < 4.78 is 0. The Kier molecular flexibility index (Phi) is 3.49. The second kappa shape index (κ2) is 5.05. The van der Waals surface area contributed by atoms with E-state index in [-0.39, 0.29) is 0 Å². The normalized spacial score (nSPS) is 10.8. The van der Waals surface area contributed by atoms with Crippen LogP contribution in [0, 0.1) is 20.8 Å². The van der Waals surface area contributed by atoms with Gasteiger partial charge in [0.1, 0.15) is 5.82 Å². The predicted octanol–water partition coefficient (Wildman–Crippen LogP) is 1.41. The van der Waals surface area contributed by atoms with Crippen molar-refractivity contribution in [1.82, 2.24) is 25.5 Å². The average Bonchev–Trinajstić information content (AvgIpc) is 2.61. The Morgan fingerprint density at radius 1 is 1.24 bits per heavy atom.